The number of amides is 1. The molecule has 9 heteroatoms. The molecule has 2 aromatic rings. The van der Waals surface area contributed by atoms with Gasteiger partial charge in [-0.25, -0.2) is 4.79 Å². The summed E-state index contributed by atoms with van der Waals surface area (Å²) in [6.07, 6.45) is -2.04. The highest BCUT2D eigenvalue weighted by Gasteiger charge is 2.31. The lowest BCUT2D eigenvalue weighted by molar-refractivity contribution is -0.137. The van der Waals surface area contributed by atoms with Crippen molar-refractivity contribution in [1.29, 1.82) is 0 Å². The number of likely N-dealkylation sites (tertiary alicyclic amines) is 1. The van der Waals surface area contributed by atoms with Gasteiger partial charge in [0.2, 0.25) is 0 Å². The first-order valence-electron chi connectivity index (χ1n) is 11.0. The molecule has 1 aromatic carbocycles. The quantitative estimate of drug-likeness (QED) is 0.688. The van der Waals surface area contributed by atoms with E-state index in [0.717, 1.165) is 62.4 Å². The van der Waals surface area contributed by atoms with Gasteiger partial charge >= 0.3 is 12.3 Å². The van der Waals surface area contributed by atoms with E-state index in [0.29, 0.717) is 30.1 Å². The molecule has 0 aliphatic carbocycles. The first-order valence-corrected chi connectivity index (χ1v) is 11.0. The number of rotatable bonds is 3. The highest BCUT2D eigenvalue weighted by Crippen LogP contribution is 2.31. The predicted molar refractivity (Wildman–Crippen MR) is 113 cm³/mol. The summed E-state index contributed by atoms with van der Waals surface area (Å²) in [5.41, 5.74) is 2.13. The molecular formula is C23H29F3N4O2. The average Bonchev–Trinajstić information content (AvgIpc) is 3.03. The second-order valence-electron chi connectivity index (χ2n) is 8.90. The van der Waals surface area contributed by atoms with Crippen molar-refractivity contribution in [2.24, 2.45) is 0 Å². The van der Waals surface area contributed by atoms with Gasteiger partial charge in [0.05, 0.1) is 23.5 Å². The van der Waals surface area contributed by atoms with Crippen LogP contribution in [0.3, 0.4) is 0 Å². The molecule has 174 valence electrons. The monoisotopic (exact) mass is 450 g/mol. The molecule has 1 fully saturated rings. The Kier molecular flexibility index (Phi) is 6.46. The Morgan fingerprint density at radius 1 is 1.12 bits per heavy atom. The summed E-state index contributed by atoms with van der Waals surface area (Å²) in [7, 11) is 2.13. The van der Waals surface area contributed by atoms with Crippen LogP contribution in [0.4, 0.5) is 18.0 Å². The Hall–Kier alpha value is -2.55. The molecule has 2 aliphatic rings. The van der Waals surface area contributed by atoms with Crippen molar-refractivity contribution in [2.75, 3.05) is 26.7 Å². The van der Waals surface area contributed by atoms with Gasteiger partial charge in [-0.05, 0) is 70.1 Å². The molecule has 0 N–H and O–H groups in total. The maximum atomic E-state index is 13.1. The van der Waals surface area contributed by atoms with Gasteiger partial charge in [0.25, 0.3) is 0 Å². The largest absolute Gasteiger partial charge is 0.445 e. The zero-order chi connectivity index (χ0) is 22.9. The summed E-state index contributed by atoms with van der Waals surface area (Å²) in [5, 5.41) is 4.80. The second-order valence-corrected chi connectivity index (χ2v) is 8.90. The van der Waals surface area contributed by atoms with Gasteiger partial charge in [-0.3, -0.25) is 4.68 Å². The highest BCUT2D eigenvalue weighted by molar-refractivity contribution is 5.67. The number of fused-ring (bicyclic) bond motifs is 1. The van der Waals surface area contributed by atoms with E-state index in [1.165, 1.54) is 0 Å². The molecule has 4 rings (SSSR count). The maximum absolute atomic E-state index is 13.1. The van der Waals surface area contributed by atoms with Gasteiger partial charge < -0.3 is 14.5 Å². The fraction of sp³-hybridized carbons (Fsp3) is 0.565. The summed E-state index contributed by atoms with van der Waals surface area (Å²) in [6, 6.07) is 5.82. The van der Waals surface area contributed by atoms with Crippen LogP contribution >= 0.6 is 0 Å². The number of aryl methyl sites for hydroxylation is 2. The van der Waals surface area contributed by atoms with Crippen LogP contribution in [0.15, 0.2) is 24.3 Å². The van der Waals surface area contributed by atoms with Gasteiger partial charge in [-0.1, -0.05) is 11.6 Å². The molecule has 1 aromatic heterocycles. The first-order chi connectivity index (χ1) is 15.2. The van der Waals surface area contributed by atoms with Crippen LogP contribution in [0.25, 0.3) is 0 Å². The Bertz CT molecular complexity index is 965. The third-order valence-electron chi connectivity index (χ3n) is 6.25. The fourth-order valence-corrected chi connectivity index (χ4v) is 4.49. The summed E-state index contributed by atoms with van der Waals surface area (Å²) in [4.78, 5) is 16.6. The smallest absolute Gasteiger partial charge is 0.416 e. The van der Waals surface area contributed by atoms with Crippen LogP contribution < -0.4 is 0 Å². The van der Waals surface area contributed by atoms with Crippen molar-refractivity contribution < 1.29 is 22.7 Å². The molecule has 0 unspecified atom stereocenters. The lowest BCUT2D eigenvalue weighted by Crippen LogP contribution is -2.31. The Morgan fingerprint density at radius 2 is 1.88 bits per heavy atom. The van der Waals surface area contributed by atoms with Gasteiger partial charge in [-0.2, -0.15) is 18.3 Å². The lowest BCUT2D eigenvalue weighted by Gasteiger charge is -2.27. The molecule has 2 aliphatic heterocycles. The zero-order valence-electron chi connectivity index (χ0n) is 18.5. The molecule has 32 heavy (non-hydrogen) atoms. The number of ether oxygens (including phenoxy) is 1. The highest BCUT2D eigenvalue weighted by atomic mass is 19.4. The minimum atomic E-state index is -4.43. The van der Waals surface area contributed by atoms with E-state index in [2.05, 4.69) is 18.0 Å². The average molecular weight is 451 g/mol. The number of hydrogen-bond acceptors (Lipinski definition) is 4. The summed E-state index contributed by atoms with van der Waals surface area (Å²) in [5.74, 6) is 0.440. The van der Waals surface area contributed by atoms with Crippen molar-refractivity contribution >= 4 is 6.09 Å². The summed E-state index contributed by atoms with van der Waals surface area (Å²) >= 11 is 0. The lowest BCUT2D eigenvalue weighted by atomic mass is 9.94. The van der Waals surface area contributed by atoms with Crippen LogP contribution in [0.1, 0.15) is 53.3 Å². The zero-order valence-corrected chi connectivity index (χ0v) is 18.5. The molecular weight excluding hydrogens is 421 g/mol. The first kappa shape index (κ1) is 22.6. The molecule has 0 atom stereocenters. The molecule has 6 nitrogen and oxygen atoms in total. The third-order valence-corrected chi connectivity index (χ3v) is 6.25. The summed E-state index contributed by atoms with van der Waals surface area (Å²) < 4.78 is 46.5. The van der Waals surface area contributed by atoms with Crippen LogP contribution in [-0.4, -0.2) is 52.4 Å². The minimum absolute atomic E-state index is 0.194. The standard InChI is InChI=1S/C23H29F3N4O2/c1-16-10-17(12-19(11-16)23(24,25)26)15-32-22(31)29-6-3-7-30-20(14-29)13-21(27-30)18-4-8-28(2)9-5-18/h10-13,18H,3-9,14-15H2,1-2H3. The normalized spacial score (nSPS) is 18.3. The molecule has 0 bridgehead atoms. The minimum Gasteiger partial charge on any atom is -0.445 e. The molecule has 1 saturated heterocycles. The van der Waals surface area contributed by atoms with Crippen LogP contribution in [0.5, 0.6) is 0 Å². The molecule has 3 heterocycles. The van der Waals surface area contributed by atoms with E-state index in [-0.39, 0.29) is 6.61 Å². The topological polar surface area (TPSA) is 50.6 Å². The van der Waals surface area contributed by atoms with Gasteiger partial charge in [0, 0.05) is 19.0 Å². The van der Waals surface area contributed by atoms with E-state index < -0.39 is 17.8 Å². The Balaban J connectivity index is 1.40. The Morgan fingerprint density at radius 3 is 2.59 bits per heavy atom. The van der Waals surface area contributed by atoms with E-state index in [1.807, 2.05) is 4.68 Å². The van der Waals surface area contributed by atoms with Crippen LogP contribution in [0.2, 0.25) is 0 Å². The number of aromatic nitrogens is 2. The van der Waals surface area contributed by atoms with Crippen LogP contribution in [0, 0.1) is 6.92 Å². The molecule has 0 saturated carbocycles. The van der Waals surface area contributed by atoms with Gasteiger partial charge in [0.1, 0.15) is 6.61 Å². The molecule has 0 spiro atoms. The van der Waals surface area contributed by atoms with Crippen molar-refractivity contribution in [1.82, 2.24) is 19.6 Å². The number of carbonyl (C=O) groups is 1. The van der Waals surface area contributed by atoms with Gasteiger partial charge in [-0.15, -0.1) is 0 Å². The van der Waals surface area contributed by atoms with E-state index >= 15 is 0 Å². The predicted octanol–water partition coefficient (Wildman–Crippen LogP) is 4.56. The van der Waals surface area contributed by atoms with E-state index in [1.54, 1.807) is 17.9 Å². The maximum Gasteiger partial charge on any atom is 0.416 e. The van der Waals surface area contributed by atoms with Crippen LogP contribution in [-0.2, 0) is 30.6 Å². The molecule has 0 radical (unpaired) electrons. The van der Waals surface area contributed by atoms with Crippen molar-refractivity contribution in [3.8, 4) is 0 Å². The van der Waals surface area contributed by atoms with E-state index in [9.17, 15) is 18.0 Å². The number of nitrogens with zero attached hydrogens (tertiary/aromatic N) is 4. The van der Waals surface area contributed by atoms with Crippen molar-refractivity contribution in [3.05, 3.63) is 52.3 Å². The Labute approximate surface area is 185 Å². The van der Waals surface area contributed by atoms with Crippen molar-refractivity contribution in [3.63, 3.8) is 0 Å². The number of hydrogen-bond donors (Lipinski definition) is 0. The van der Waals surface area contributed by atoms with E-state index in [4.69, 9.17) is 9.84 Å². The number of piperidine rings is 1. The van der Waals surface area contributed by atoms with Crippen molar-refractivity contribution in [2.45, 2.75) is 58.0 Å². The van der Waals surface area contributed by atoms with Gasteiger partial charge in [0.15, 0.2) is 0 Å². The molecule has 1 amide bonds. The number of halogens is 3. The fourth-order valence-electron chi connectivity index (χ4n) is 4.49. The summed E-state index contributed by atoms with van der Waals surface area (Å²) in [6.45, 7) is 5.16. The SMILES string of the molecule is Cc1cc(COC(=O)N2CCCn3nc(C4CCN(C)CC4)cc3C2)cc(C(F)(F)F)c1. The number of benzene rings is 1. The number of carbonyl (C=O) groups excluding carboxylic acids is 1. The second kappa shape index (κ2) is 9.13. The third kappa shape index (κ3) is 5.26. The number of alkyl halides is 3.